The van der Waals surface area contributed by atoms with Crippen LogP contribution in [0.1, 0.15) is 40.0 Å². The molecule has 0 spiro atoms. The summed E-state index contributed by atoms with van der Waals surface area (Å²) in [7, 11) is 0. The summed E-state index contributed by atoms with van der Waals surface area (Å²) in [6.07, 6.45) is 3.07. The zero-order valence-electron chi connectivity index (χ0n) is 11.9. The Morgan fingerprint density at radius 3 is 2.94 bits per heavy atom. The lowest BCUT2D eigenvalue weighted by atomic mass is 9.82. The monoisotopic (exact) mass is 270 g/mol. The minimum absolute atomic E-state index is 0.334. The van der Waals surface area contributed by atoms with Gasteiger partial charge in [-0.2, -0.15) is 11.8 Å². The topological polar surface area (TPSA) is 32.3 Å². The minimum Gasteiger partial charge on any atom is -0.341 e. The molecular formula is C14H26N2OS. The third-order valence-corrected chi connectivity index (χ3v) is 5.33. The Kier molecular flexibility index (Phi) is 4.59. The number of rotatable bonds is 4. The number of likely N-dealkylation sites (tertiary alicyclic amines) is 1. The summed E-state index contributed by atoms with van der Waals surface area (Å²) in [6.45, 7) is 8.75. The first kappa shape index (κ1) is 14.2. The van der Waals surface area contributed by atoms with Crippen molar-refractivity contribution >= 4 is 17.7 Å². The van der Waals surface area contributed by atoms with Crippen molar-refractivity contribution in [3.8, 4) is 0 Å². The standard InChI is InChI=1S/C14H26N2OS/c1-11(9-16-7-4-5-13(16)17)15-12-10-18-8-6-14(12,2)3/h11-12,15H,4-10H2,1-3H3. The van der Waals surface area contributed by atoms with Crippen molar-refractivity contribution in [3.63, 3.8) is 0 Å². The molecule has 0 aromatic heterocycles. The third-order valence-electron chi connectivity index (χ3n) is 4.27. The van der Waals surface area contributed by atoms with E-state index in [1.165, 1.54) is 17.9 Å². The molecule has 2 fully saturated rings. The summed E-state index contributed by atoms with van der Waals surface area (Å²) in [5.41, 5.74) is 0.383. The van der Waals surface area contributed by atoms with Crippen LogP contribution in [0, 0.1) is 5.41 Å². The highest BCUT2D eigenvalue weighted by molar-refractivity contribution is 7.99. The molecule has 2 rings (SSSR count). The van der Waals surface area contributed by atoms with Crippen LogP contribution in [0.4, 0.5) is 0 Å². The molecule has 1 N–H and O–H groups in total. The smallest absolute Gasteiger partial charge is 0.222 e. The van der Waals surface area contributed by atoms with Crippen LogP contribution in [0.2, 0.25) is 0 Å². The first-order valence-corrected chi connectivity index (χ1v) is 8.26. The fraction of sp³-hybridized carbons (Fsp3) is 0.929. The summed E-state index contributed by atoms with van der Waals surface area (Å²) < 4.78 is 0. The number of nitrogens with zero attached hydrogens (tertiary/aromatic N) is 1. The van der Waals surface area contributed by atoms with Gasteiger partial charge in [-0.1, -0.05) is 13.8 Å². The Morgan fingerprint density at radius 2 is 2.33 bits per heavy atom. The normalized spacial score (nSPS) is 29.6. The van der Waals surface area contributed by atoms with E-state index < -0.39 is 0 Å². The predicted molar refractivity (Wildman–Crippen MR) is 77.9 cm³/mol. The quantitative estimate of drug-likeness (QED) is 0.849. The SMILES string of the molecule is CC(CN1CCCC1=O)NC1CSCCC1(C)C. The first-order chi connectivity index (χ1) is 8.49. The molecule has 4 heteroatoms. The van der Waals surface area contributed by atoms with E-state index in [9.17, 15) is 4.79 Å². The van der Waals surface area contributed by atoms with Gasteiger partial charge in [-0.25, -0.2) is 0 Å². The van der Waals surface area contributed by atoms with Crippen molar-refractivity contribution in [2.75, 3.05) is 24.6 Å². The molecule has 3 nitrogen and oxygen atoms in total. The van der Waals surface area contributed by atoms with Gasteiger partial charge in [0.1, 0.15) is 0 Å². The van der Waals surface area contributed by atoms with Gasteiger partial charge >= 0.3 is 0 Å². The minimum atomic E-state index is 0.334. The zero-order valence-corrected chi connectivity index (χ0v) is 12.7. The Morgan fingerprint density at radius 1 is 1.56 bits per heavy atom. The lowest BCUT2D eigenvalue weighted by Crippen LogP contribution is -2.52. The lowest BCUT2D eigenvalue weighted by Gasteiger charge is -2.40. The van der Waals surface area contributed by atoms with Gasteiger partial charge in [-0.15, -0.1) is 0 Å². The number of carbonyl (C=O) groups is 1. The molecule has 0 saturated carbocycles. The number of thioether (sulfide) groups is 1. The molecule has 2 unspecified atom stereocenters. The van der Waals surface area contributed by atoms with E-state index in [4.69, 9.17) is 0 Å². The van der Waals surface area contributed by atoms with Gasteiger partial charge in [0.2, 0.25) is 5.91 Å². The number of hydrogen-bond donors (Lipinski definition) is 1. The molecule has 0 aromatic rings. The molecule has 1 amide bonds. The average Bonchev–Trinajstić information content (AvgIpc) is 2.67. The van der Waals surface area contributed by atoms with Crippen molar-refractivity contribution in [1.29, 1.82) is 0 Å². The molecule has 104 valence electrons. The summed E-state index contributed by atoms with van der Waals surface area (Å²) in [4.78, 5) is 13.6. The van der Waals surface area contributed by atoms with Gasteiger partial charge in [0, 0.05) is 37.3 Å². The largest absolute Gasteiger partial charge is 0.341 e. The van der Waals surface area contributed by atoms with Crippen molar-refractivity contribution < 1.29 is 4.79 Å². The molecule has 0 bridgehead atoms. The van der Waals surface area contributed by atoms with Crippen molar-refractivity contribution in [3.05, 3.63) is 0 Å². The van der Waals surface area contributed by atoms with E-state index in [1.807, 2.05) is 16.7 Å². The molecule has 2 saturated heterocycles. The summed E-state index contributed by atoms with van der Waals surface area (Å²) in [6, 6.07) is 0.971. The van der Waals surface area contributed by atoms with Crippen LogP contribution in [-0.4, -0.2) is 47.5 Å². The van der Waals surface area contributed by atoms with Crippen LogP contribution in [0.25, 0.3) is 0 Å². The van der Waals surface area contributed by atoms with Gasteiger partial charge in [-0.3, -0.25) is 4.79 Å². The average molecular weight is 270 g/mol. The number of hydrogen-bond acceptors (Lipinski definition) is 3. The maximum atomic E-state index is 11.6. The van der Waals surface area contributed by atoms with Crippen molar-refractivity contribution in [2.24, 2.45) is 5.41 Å². The highest BCUT2D eigenvalue weighted by Gasteiger charge is 2.33. The summed E-state index contributed by atoms with van der Waals surface area (Å²) in [5.74, 6) is 2.82. The molecule has 0 aliphatic carbocycles. The molecule has 18 heavy (non-hydrogen) atoms. The van der Waals surface area contributed by atoms with E-state index in [0.29, 0.717) is 23.4 Å². The van der Waals surface area contributed by atoms with E-state index in [0.717, 1.165) is 25.9 Å². The first-order valence-electron chi connectivity index (χ1n) is 7.10. The van der Waals surface area contributed by atoms with Crippen molar-refractivity contribution in [2.45, 2.75) is 52.1 Å². The van der Waals surface area contributed by atoms with Crippen LogP contribution < -0.4 is 5.32 Å². The molecule has 2 aliphatic heterocycles. The van der Waals surface area contributed by atoms with Crippen LogP contribution in [0.15, 0.2) is 0 Å². The lowest BCUT2D eigenvalue weighted by molar-refractivity contribution is -0.128. The van der Waals surface area contributed by atoms with Gasteiger partial charge in [0.25, 0.3) is 0 Å². The third kappa shape index (κ3) is 3.41. The van der Waals surface area contributed by atoms with E-state index in [1.54, 1.807) is 0 Å². The second-order valence-electron chi connectivity index (χ2n) is 6.38. The Bertz CT molecular complexity index is 306. The molecule has 2 aliphatic rings. The highest BCUT2D eigenvalue weighted by Crippen LogP contribution is 2.34. The molecule has 0 radical (unpaired) electrons. The van der Waals surface area contributed by atoms with Crippen molar-refractivity contribution in [1.82, 2.24) is 10.2 Å². The van der Waals surface area contributed by atoms with E-state index in [-0.39, 0.29) is 0 Å². The summed E-state index contributed by atoms with van der Waals surface area (Å²) in [5, 5.41) is 3.74. The highest BCUT2D eigenvalue weighted by atomic mass is 32.2. The Balaban J connectivity index is 1.82. The number of nitrogens with one attached hydrogen (secondary N) is 1. The van der Waals surface area contributed by atoms with E-state index >= 15 is 0 Å². The van der Waals surface area contributed by atoms with Crippen LogP contribution in [0.5, 0.6) is 0 Å². The fourth-order valence-corrected chi connectivity index (χ4v) is 4.45. The predicted octanol–water partition coefficient (Wildman–Crippen LogP) is 2.12. The molecular weight excluding hydrogens is 244 g/mol. The zero-order chi connectivity index (χ0) is 13.2. The summed E-state index contributed by atoms with van der Waals surface area (Å²) >= 11 is 2.05. The maximum Gasteiger partial charge on any atom is 0.222 e. The Hall–Kier alpha value is -0.220. The molecule has 0 aromatic carbocycles. The maximum absolute atomic E-state index is 11.6. The van der Waals surface area contributed by atoms with Gasteiger partial charge < -0.3 is 10.2 Å². The fourth-order valence-electron chi connectivity index (χ4n) is 2.83. The molecule has 2 heterocycles. The second kappa shape index (κ2) is 5.83. The van der Waals surface area contributed by atoms with Crippen LogP contribution in [-0.2, 0) is 4.79 Å². The number of amides is 1. The van der Waals surface area contributed by atoms with Crippen LogP contribution >= 0.6 is 11.8 Å². The second-order valence-corrected chi connectivity index (χ2v) is 7.53. The van der Waals surface area contributed by atoms with Crippen LogP contribution in [0.3, 0.4) is 0 Å². The van der Waals surface area contributed by atoms with Gasteiger partial charge in [0.05, 0.1) is 0 Å². The van der Waals surface area contributed by atoms with Gasteiger partial charge in [-0.05, 0) is 30.9 Å². The van der Waals surface area contributed by atoms with Gasteiger partial charge in [0.15, 0.2) is 0 Å². The number of carbonyl (C=O) groups excluding carboxylic acids is 1. The Labute approximate surface area is 115 Å². The molecule has 2 atom stereocenters. The van der Waals surface area contributed by atoms with E-state index in [2.05, 4.69) is 26.1 Å².